The van der Waals surface area contributed by atoms with Gasteiger partial charge in [0.1, 0.15) is 0 Å². The molecule has 2 rings (SSSR count). The Labute approximate surface area is 107 Å². The average molecular weight is 254 g/mol. The summed E-state index contributed by atoms with van der Waals surface area (Å²) in [6.45, 7) is 3.80. The summed E-state index contributed by atoms with van der Waals surface area (Å²) in [7, 11) is 1.97. The van der Waals surface area contributed by atoms with E-state index in [0.717, 1.165) is 25.2 Å². The number of hydrogen-bond donors (Lipinski definition) is 1. The minimum atomic E-state index is -0.773. The Morgan fingerprint density at radius 1 is 1.33 bits per heavy atom. The largest absolute Gasteiger partial charge is 0.319 e. The molecule has 1 aliphatic rings. The summed E-state index contributed by atoms with van der Waals surface area (Å²) in [5, 5.41) is 3.20. The molecule has 1 heterocycles. The summed E-state index contributed by atoms with van der Waals surface area (Å²) in [6.07, 6.45) is 2.42. The molecule has 1 aliphatic heterocycles. The minimum Gasteiger partial charge on any atom is -0.319 e. The second-order valence-corrected chi connectivity index (χ2v) is 5.05. The maximum absolute atomic E-state index is 13.1. The fraction of sp³-hybridized carbons (Fsp3) is 0.571. The molecule has 0 radical (unpaired) electrons. The van der Waals surface area contributed by atoms with Gasteiger partial charge in [0.25, 0.3) is 0 Å². The quantitative estimate of drug-likeness (QED) is 0.887. The third kappa shape index (κ3) is 3.50. The maximum Gasteiger partial charge on any atom is 0.159 e. The molecule has 18 heavy (non-hydrogen) atoms. The van der Waals surface area contributed by atoms with Crippen molar-refractivity contribution in [1.82, 2.24) is 10.2 Å². The summed E-state index contributed by atoms with van der Waals surface area (Å²) in [4.78, 5) is 2.32. The minimum absolute atomic E-state index is 0.661. The lowest BCUT2D eigenvalue weighted by Crippen LogP contribution is -2.38. The summed E-state index contributed by atoms with van der Waals surface area (Å²) in [6, 6.07) is 4.18. The standard InChI is InChI=1S/C14H20F2N2/c1-17-8-12-3-2-6-18(10-12)9-11-4-5-13(15)14(16)7-11/h4-5,7,12,17H,2-3,6,8-10H2,1H3. The molecule has 100 valence electrons. The van der Waals surface area contributed by atoms with E-state index in [4.69, 9.17) is 0 Å². The molecular formula is C14H20F2N2. The first-order valence-electron chi connectivity index (χ1n) is 6.50. The van der Waals surface area contributed by atoms with Gasteiger partial charge in [-0.15, -0.1) is 0 Å². The zero-order valence-corrected chi connectivity index (χ0v) is 10.8. The molecule has 1 unspecified atom stereocenters. The predicted molar refractivity (Wildman–Crippen MR) is 68.3 cm³/mol. The topological polar surface area (TPSA) is 15.3 Å². The molecule has 1 aromatic carbocycles. The highest BCUT2D eigenvalue weighted by atomic mass is 19.2. The smallest absolute Gasteiger partial charge is 0.159 e. The van der Waals surface area contributed by atoms with Crippen LogP contribution in [0.5, 0.6) is 0 Å². The van der Waals surface area contributed by atoms with E-state index in [9.17, 15) is 8.78 Å². The first-order chi connectivity index (χ1) is 8.69. The van der Waals surface area contributed by atoms with Crippen LogP contribution in [0.25, 0.3) is 0 Å². The fourth-order valence-electron chi connectivity index (χ4n) is 2.65. The van der Waals surface area contributed by atoms with Gasteiger partial charge in [-0.3, -0.25) is 4.90 Å². The first kappa shape index (κ1) is 13.4. The molecule has 1 N–H and O–H groups in total. The van der Waals surface area contributed by atoms with Crippen LogP contribution < -0.4 is 5.32 Å². The normalized spacial score (nSPS) is 21.2. The lowest BCUT2D eigenvalue weighted by atomic mass is 9.97. The Bertz CT molecular complexity index is 393. The Hall–Kier alpha value is -1.00. The van der Waals surface area contributed by atoms with Crippen molar-refractivity contribution in [2.24, 2.45) is 5.92 Å². The van der Waals surface area contributed by atoms with Gasteiger partial charge in [-0.25, -0.2) is 8.78 Å². The maximum atomic E-state index is 13.1. The van der Waals surface area contributed by atoms with E-state index in [1.54, 1.807) is 6.07 Å². The van der Waals surface area contributed by atoms with Crippen LogP contribution in [0.4, 0.5) is 8.78 Å². The van der Waals surface area contributed by atoms with Crippen LogP contribution in [0.3, 0.4) is 0 Å². The number of rotatable bonds is 4. The lowest BCUT2D eigenvalue weighted by Gasteiger charge is -2.32. The van der Waals surface area contributed by atoms with Crippen molar-refractivity contribution >= 4 is 0 Å². The number of benzene rings is 1. The van der Waals surface area contributed by atoms with Gasteiger partial charge in [-0.1, -0.05) is 6.07 Å². The summed E-state index contributed by atoms with van der Waals surface area (Å²) >= 11 is 0. The Morgan fingerprint density at radius 3 is 2.89 bits per heavy atom. The van der Waals surface area contributed by atoms with E-state index in [-0.39, 0.29) is 0 Å². The highest BCUT2D eigenvalue weighted by molar-refractivity contribution is 5.17. The highest BCUT2D eigenvalue weighted by Crippen LogP contribution is 2.18. The van der Waals surface area contributed by atoms with Crippen molar-refractivity contribution < 1.29 is 8.78 Å². The molecular weight excluding hydrogens is 234 g/mol. The number of likely N-dealkylation sites (tertiary alicyclic amines) is 1. The highest BCUT2D eigenvalue weighted by Gasteiger charge is 2.19. The third-order valence-corrected chi connectivity index (χ3v) is 3.49. The number of piperidine rings is 1. The van der Waals surface area contributed by atoms with Crippen LogP contribution in [0.2, 0.25) is 0 Å². The van der Waals surface area contributed by atoms with Crippen LogP contribution in [-0.2, 0) is 6.54 Å². The van der Waals surface area contributed by atoms with E-state index >= 15 is 0 Å². The number of halogens is 2. The zero-order chi connectivity index (χ0) is 13.0. The van der Waals surface area contributed by atoms with E-state index in [0.29, 0.717) is 12.5 Å². The van der Waals surface area contributed by atoms with E-state index in [1.165, 1.54) is 25.0 Å². The van der Waals surface area contributed by atoms with Gasteiger partial charge >= 0.3 is 0 Å². The molecule has 0 saturated carbocycles. The molecule has 1 fully saturated rings. The molecule has 0 aliphatic carbocycles. The van der Waals surface area contributed by atoms with Gasteiger partial charge < -0.3 is 5.32 Å². The van der Waals surface area contributed by atoms with E-state index < -0.39 is 11.6 Å². The van der Waals surface area contributed by atoms with Gasteiger partial charge in [-0.05, 0) is 56.6 Å². The van der Waals surface area contributed by atoms with Gasteiger partial charge in [0.2, 0.25) is 0 Å². The summed E-state index contributed by atoms with van der Waals surface area (Å²) in [5.74, 6) is -0.865. The summed E-state index contributed by atoms with van der Waals surface area (Å²) in [5.41, 5.74) is 0.846. The molecule has 0 bridgehead atoms. The molecule has 1 aromatic rings. The van der Waals surface area contributed by atoms with Crippen LogP contribution in [0.15, 0.2) is 18.2 Å². The number of nitrogens with one attached hydrogen (secondary N) is 1. The number of hydrogen-bond acceptors (Lipinski definition) is 2. The Balaban J connectivity index is 1.93. The van der Waals surface area contributed by atoms with Crippen LogP contribution in [-0.4, -0.2) is 31.6 Å². The second-order valence-electron chi connectivity index (χ2n) is 5.05. The van der Waals surface area contributed by atoms with Crippen LogP contribution in [0, 0.1) is 17.6 Å². The second kappa shape index (κ2) is 6.25. The molecule has 1 atom stereocenters. The van der Waals surface area contributed by atoms with Crippen molar-refractivity contribution in [1.29, 1.82) is 0 Å². The van der Waals surface area contributed by atoms with Gasteiger partial charge in [-0.2, -0.15) is 0 Å². The van der Waals surface area contributed by atoms with Gasteiger partial charge in [0.15, 0.2) is 11.6 Å². The van der Waals surface area contributed by atoms with Gasteiger partial charge in [0.05, 0.1) is 0 Å². The molecule has 1 saturated heterocycles. The van der Waals surface area contributed by atoms with Crippen molar-refractivity contribution in [2.75, 3.05) is 26.7 Å². The Kier molecular flexibility index (Phi) is 4.66. The van der Waals surface area contributed by atoms with E-state index in [2.05, 4.69) is 10.2 Å². The van der Waals surface area contributed by atoms with E-state index in [1.807, 2.05) is 7.05 Å². The van der Waals surface area contributed by atoms with Crippen molar-refractivity contribution in [3.8, 4) is 0 Å². The molecule has 0 aromatic heterocycles. The van der Waals surface area contributed by atoms with Crippen LogP contribution >= 0.6 is 0 Å². The van der Waals surface area contributed by atoms with Crippen molar-refractivity contribution in [3.05, 3.63) is 35.4 Å². The van der Waals surface area contributed by atoms with Crippen molar-refractivity contribution in [3.63, 3.8) is 0 Å². The molecule has 0 spiro atoms. The predicted octanol–water partition coefficient (Wildman–Crippen LogP) is 2.40. The molecule has 4 heteroatoms. The molecule has 2 nitrogen and oxygen atoms in total. The monoisotopic (exact) mass is 254 g/mol. The summed E-state index contributed by atoms with van der Waals surface area (Å²) < 4.78 is 26.0. The zero-order valence-electron chi connectivity index (χ0n) is 10.8. The average Bonchev–Trinajstić information content (AvgIpc) is 2.35. The van der Waals surface area contributed by atoms with Gasteiger partial charge in [0, 0.05) is 13.1 Å². The first-order valence-corrected chi connectivity index (χ1v) is 6.50. The van der Waals surface area contributed by atoms with Crippen molar-refractivity contribution in [2.45, 2.75) is 19.4 Å². The van der Waals surface area contributed by atoms with Crippen LogP contribution in [0.1, 0.15) is 18.4 Å². The SMILES string of the molecule is CNCC1CCCN(Cc2ccc(F)c(F)c2)C1. The number of nitrogens with zero attached hydrogens (tertiary/aromatic N) is 1. The Morgan fingerprint density at radius 2 is 2.17 bits per heavy atom. The molecule has 0 amide bonds. The lowest BCUT2D eigenvalue weighted by molar-refractivity contribution is 0.166. The fourth-order valence-corrected chi connectivity index (χ4v) is 2.65. The third-order valence-electron chi connectivity index (χ3n) is 3.49.